The number of benzene rings is 2. The van der Waals surface area contributed by atoms with Gasteiger partial charge in [0.05, 0.1) is 14.2 Å². The monoisotopic (exact) mass is 421 g/mol. The summed E-state index contributed by atoms with van der Waals surface area (Å²) >= 11 is 5.84. The summed E-state index contributed by atoms with van der Waals surface area (Å²) in [6.45, 7) is 2.51. The molecule has 0 saturated carbocycles. The van der Waals surface area contributed by atoms with Crippen molar-refractivity contribution in [1.82, 2.24) is 14.8 Å². The lowest BCUT2D eigenvalue weighted by molar-refractivity contribution is 0.278. The Morgan fingerprint density at radius 3 is 2.63 bits per heavy atom. The molecule has 0 aliphatic carbocycles. The third kappa shape index (κ3) is 4.14. The highest BCUT2D eigenvalue weighted by molar-refractivity contribution is 7.80. The molecule has 6 heteroatoms. The molecular weight excluding hydrogens is 394 g/mol. The van der Waals surface area contributed by atoms with E-state index in [0.29, 0.717) is 0 Å². The zero-order valence-electron chi connectivity index (χ0n) is 17.4. The van der Waals surface area contributed by atoms with Crippen molar-refractivity contribution in [2.75, 3.05) is 27.3 Å². The van der Waals surface area contributed by atoms with Crippen LogP contribution in [0.5, 0.6) is 11.5 Å². The minimum absolute atomic E-state index is 0.0458. The number of aromatic nitrogens is 1. The zero-order chi connectivity index (χ0) is 20.9. The minimum Gasteiger partial charge on any atom is -0.497 e. The second-order valence-corrected chi connectivity index (χ2v) is 7.68. The fourth-order valence-electron chi connectivity index (χ4n) is 4.04. The SMILES string of the molecule is COc1ccc(OC)c([C@H]2c3cccn3CCN2C(=S)NCCc2ccccc2)c1. The summed E-state index contributed by atoms with van der Waals surface area (Å²) in [4.78, 5) is 2.26. The molecule has 0 spiro atoms. The van der Waals surface area contributed by atoms with E-state index >= 15 is 0 Å². The van der Waals surface area contributed by atoms with E-state index in [1.165, 1.54) is 11.3 Å². The Hall–Kier alpha value is -2.99. The predicted molar refractivity (Wildman–Crippen MR) is 123 cm³/mol. The van der Waals surface area contributed by atoms with Gasteiger partial charge in [-0.15, -0.1) is 0 Å². The van der Waals surface area contributed by atoms with E-state index in [4.69, 9.17) is 21.7 Å². The highest BCUT2D eigenvalue weighted by atomic mass is 32.1. The first kappa shape index (κ1) is 20.3. The molecule has 1 aliphatic heterocycles. The normalized spacial score (nSPS) is 15.4. The lowest BCUT2D eigenvalue weighted by Crippen LogP contribution is -2.47. The maximum absolute atomic E-state index is 5.84. The van der Waals surface area contributed by atoms with Gasteiger partial charge in [0.25, 0.3) is 0 Å². The first-order valence-electron chi connectivity index (χ1n) is 10.2. The Balaban J connectivity index is 1.60. The van der Waals surface area contributed by atoms with Crippen LogP contribution < -0.4 is 14.8 Å². The van der Waals surface area contributed by atoms with Crippen LogP contribution in [0.15, 0.2) is 66.9 Å². The average Bonchev–Trinajstić information content (AvgIpc) is 3.27. The van der Waals surface area contributed by atoms with Crippen molar-refractivity contribution in [1.29, 1.82) is 0 Å². The van der Waals surface area contributed by atoms with Gasteiger partial charge in [-0.2, -0.15) is 0 Å². The van der Waals surface area contributed by atoms with E-state index in [0.717, 1.165) is 48.2 Å². The molecule has 2 heterocycles. The largest absolute Gasteiger partial charge is 0.497 e. The van der Waals surface area contributed by atoms with Gasteiger partial charge in [-0.05, 0) is 54.5 Å². The summed E-state index contributed by atoms with van der Waals surface area (Å²) in [5, 5.41) is 4.22. The number of fused-ring (bicyclic) bond motifs is 1. The zero-order valence-corrected chi connectivity index (χ0v) is 18.2. The second kappa shape index (κ2) is 9.22. The van der Waals surface area contributed by atoms with Gasteiger partial charge in [0, 0.05) is 37.1 Å². The quantitative estimate of drug-likeness (QED) is 0.609. The standard InChI is InChI=1S/C24H27N3O2S/c1-28-19-10-11-22(29-2)20(17-19)23-21-9-6-14-26(21)15-16-27(23)24(30)25-13-12-18-7-4-3-5-8-18/h3-11,14,17,23H,12-13,15-16H2,1-2H3,(H,25,30)/t23-/m0/s1. The van der Waals surface area contributed by atoms with Gasteiger partial charge in [-0.1, -0.05) is 30.3 Å². The molecule has 0 radical (unpaired) electrons. The summed E-state index contributed by atoms with van der Waals surface area (Å²) in [6, 6.07) is 20.6. The molecule has 1 aliphatic rings. The molecule has 4 rings (SSSR count). The van der Waals surface area contributed by atoms with Crippen molar-refractivity contribution in [3.8, 4) is 11.5 Å². The Labute approximate surface area is 183 Å². The number of nitrogens with one attached hydrogen (secondary N) is 1. The number of rotatable bonds is 6. The van der Waals surface area contributed by atoms with Crippen molar-refractivity contribution < 1.29 is 9.47 Å². The summed E-state index contributed by atoms with van der Waals surface area (Å²) in [5.74, 6) is 1.63. The maximum atomic E-state index is 5.84. The molecule has 0 unspecified atom stereocenters. The van der Waals surface area contributed by atoms with Crippen molar-refractivity contribution in [3.63, 3.8) is 0 Å². The average molecular weight is 422 g/mol. The lowest BCUT2D eigenvalue weighted by Gasteiger charge is -2.39. The number of ether oxygens (including phenoxy) is 2. The summed E-state index contributed by atoms with van der Waals surface area (Å²) in [7, 11) is 3.39. The molecule has 3 aromatic rings. The molecule has 156 valence electrons. The molecule has 2 aromatic carbocycles. The van der Waals surface area contributed by atoms with Crippen molar-refractivity contribution in [2.45, 2.75) is 19.0 Å². The lowest BCUT2D eigenvalue weighted by atomic mass is 9.99. The van der Waals surface area contributed by atoms with Gasteiger partial charge in [0.1, 0.15) is 17.5 Å². The third-order valence-electron chi connectivity index (χ3n) is 5.56. The van der Waals surface area contributed by atoms with Gasteiger partial charge in [0.2, 0.25) is 0 Å². The molecule has 5 nitrogen and oxygen atoms in total. The first-order valence-corrected chi connectivity index (χ1v) is 10.6. The first-order chi connectivity index (χ1) is 14.7. The van der Waals surface area contributed by atoms with E-state index in [1.807, 2.05) is 24.3 Å². The Kier molecular flexibility index (Phi) is 6.23. The molecule has 0 bridgehead atoms. The van der Waals surface area contributed by atoms with E-state index in [-0.39, 0.29) is 6.04 Å². The van der Waals surface area contributed by atoms with Gasteiger partial charge < -0.3 is 24.3 Å². The van der Waals surface area contributed by atoms with Crippen LogP contribution in [-0.4, -0.2) is 41.9 Å². The van der Waals surface area contributed by atoms with Crippen LogP contribution in [0.1, 0.15) is 22.9 Å². The highest BCUT2D eigenvalue weighted by Gasteiger charge is 2.32. The highest BCUT2D eigenvalue weighted by Crippen LogP contribution is 2.39. The predicted octanol–water partition coefficient (Wildman–Crippen LogP) is 4.03. The maximum Gasteiger partial charge on any atom is 0.169 e. The summed E-state index contributed by atoms with van der Waals surface area (Å²) < 4.78 is 13.5. The van der Waals surface area contributed by atoms with Gasteiger partial charge in [0.15, 0.2) is 5.11 Å². The Morgan fingerprint density at radius 1 is 1.03 bits per heavy atom. The fourth-order valence-corrected chi connectivity index (χ4v) is 4.34. The Bertz CT molecular complexity index is 1000. The van der Waals surface area contributed by atoms with Crippen LogP contribution >= 0.6 is 12.2 Å². The van der Waals surface area contributed by atoms with Crippen molar-refractivity contribution in [2.24, 2.45) is 0 Å². The van der Waals surface area contributed by atoms with Gasteiger partial charge in [-0.25, -0.2) is 0 Å². The van der Waals surface area contributed by atoms with Crippen LogP contribution in [0.4, 0.5) is 0 Å². The number of methoxy groups -OCH3 is 2. The van der Waals surface area contributed by atoms with Crippen LogP contribution in [0.3, 0.4) is 0 Å². The second-order valence-electron chi connectivity index (χ2n) is 7.30. The van der Waals surface area contributed by atoms with Crippen LogP contribution in [0, 0.1) is 0 Å². The van der Waals surface area contributed by atoms with Crippen molar-refractivity contribution >= 4 is 17.3 Å². The topological polar surface area (TPSA) is 38.7 Å². The fraction of sp³-hybridized carbons (Fsp3) is 0.292. The molecule has 30 heavy (non-hydrogen) atoms. The molecule has 0 saturated heterocycles. The number of hydrogen-bond acceptors (Lipinski definition) is 3. The minimum atomic E-state index is -0.0458. The molecular formula is C24H27N3O2S. The van der Waals surface area contributed by atoms with E-state index in [9.17, 15) is 0 Å². The smallest absolute Gasteiger partial charge is 0.169 e. The number of hydrogen-bond donors (Lipinski definition) is 1. The molecule has 1 aromatic heterocycles. The van der Waals surface area contributed by atoms with Crippen LogP contribution in [-0.2, 0) is 13.0 Å². The van der Waals surface area contributed by atoms with Crippen molar-refractivity contribution in [3.05, 3.63) is 83.7 Å². The van der Waals surface area contributed by atoms with E-state index in [2.05, 4.69) is 57.4 Å². The Morgan fingerprint density at radius 2 is 1.87 bits per heavy atom. The van der Waals surface area contributed by atoms with Crippen LogP contribution in [0.25, 0.3) is 0 Å². The van der Waals surface area contributed by atoms with E-state index < -0.39 is 0 Å². The van der Waals surface area contributed by atoms with Crippen LogP contribution in [0.2, 0.25) is 0 Å². The van der Waals surface area contributed by atoms with E-state index in [1.54, 1.807) is 14.2 Å². The third-order valence-corrected chi connectivity index (χ3v) is 5.94. The molecule has 0 fully saturated rings. The number of thiocarbonyl (C=S) groups is 1. The summed E-state index contributed by atoms with van der Waals surface area (Å²) in [5.41, 5.74) is 3.54. The van der Waals surface area contributed by atoms with Gasteiger partial charge in [-0.3, -0.25) is 0 Å². The molecule has 1 N–H and O–H groups in total. The summed E-state index contributed by atoms with van der Waals surface area (Å²) in [6.07, 6.45) is 3.05. The molecule has 0 amide bonds. The van der Waals surface area contributed by atoms with Gasteiger partial charge >= 0.3 is 0 Å². The molecule has 1 atom stereocenters. The number of nitrogens with zero attached hydrogens (tertiary/aromatic N) is 2.